The van der Waals surface area contributed by atoms with Crippen LogP contribution in [0.1, 0.15) is 12.5 Å². The van der Waals surface area contributed by atoms with Crippen molar-refractivity contribution < 1.29 is 0 Å². The van der Waals surface area contributed by atoms with E-state index < -0.39 is 0 Å². The highest BCUT2D eigenvalue weighted by atomic mass is 79.9. The highest BCUT2D eigenvalue weighted by molar-refractivity contribution is 9.10. The van der Waals surface area contributed by atoms with Gasteiger partial charge < -0.3 is 5.32 Å². The third-order valence-corrected chi connectivity index (χ3v) is 2.08. The molecule has 3 heteroatoms. The van der Waals surface area contributed by atoms with Crippen molar-refractivity contribution in [3.63, 3.8) is 0 Å². The lowest BCUT2D eigenvalue weighted by Gasteiger charge is -2.06. The Kier molecular flexibility index (Phi) is 3.73. The fraction of sp³-hybridized carbons (Fsp3) is 0.182. The predicted molar refractivity (Wildman–Crippen MR) is 62.2 cm³/mol. The van der Waals surface area contributed by atoms with Crippen LogP contribution in [-0.4, -0.2) is 6.54 Å². The summed E-state index contributed by atoms with van der Waals surface area (Å²) in [7, 11) is 0. The fourth-order valence-electron chi connectivity index (χ4n) is 1.01. The molecule has 0 bridgehead atoms. The topological polar surface area (TPSA) is 35.8 Å². The molecule has 1 aromatic rings. The van der Waals surface area contributed by atoms with Crippen LogP contribution in [0.25, 0.3) is 0 Å². The quantitative estimate of drug-likeness (QED) is 0.836. The van der Waals surface area contributed by atoms with Crippen molar-refractivity contribution in [3.8, 4) is 6.07 Å². The average molecular weight is 251 g/mol. The van der Waals surface area contributed by atoms with E-state index in [9.17, 15) is 0 Å². The van der Waals surface area contributed by atoms with Gasteiger partial charge in [0.1, 0.15) is 0 Å². The zero-order chi connectivity index (χ0) is 10.6. The number of rotatable bonds is 3. The SMILES string of the molecule is C=C(C)CNc1cc(Br)cc(C#N)c1. The van der Waals surface area contributed by atoms with Gasteiger partial charge in [0, 0.05) is 16.7 Å². The number of nitrogens with one attached hydrogen (secondary N) is 1. The summed E-state index contributed by atoms with van der Waals surface area (Å²) in [4.78, 5) is 0. The lowest BCUT2D eigenvalue weighted by molar-refractivity contribution is 1.21. The predicted octanol–water partition coefficient (Wildman–Crippen LogP) is 3.31. The van der Waals surface area contributed by atoms with Crippen LogP contribution in [0.15, 0.2) is 34.8 Å². The van der Waals surface area contributed by atoms with Gasteiger partial charge in [0.2, 0.25) is 0 Å². The Balaban J connectivity index is 2.82. The summed E-state index contributed by atoms with van der Waals surface area (Å²) in [5.41, 5.74) is 2.63. The van der Waals surface area contributed by atoms with Crippen LogP contribution in [0.4, 0.5) is 5.69 Å². The minimum absolute atomic E-state index is 0.642. The number of nitriles is 1. The van der Waals surface area contributed by atoms with Crippen molar-refractivity contribution in [3.05, 3.63) is 40.4 Å². The van der Waals surface area contributed by atoms with Gasteiger partial charge in [-0.15, -0.1) is 0 Å². The number of anilines is 1. The maximum absolute atomic E-state index is 8.75. The molecule has 1 aromatic carbocycles. The van der Waals surface area contributed by atoms with E-state index in [0.29, 0.717) is 5.56 Å². The first kappa shape index (κ1) is 10.8. The zero-order valence-electron chi connectivity index (χ0n) is 7.97. The Morgan fingerprint density at radius 3 is 2.86 bits per heavy atom. The first-order chi connectivity index (χ1) is 6.61. The van der Waals surface area contributed by atoms with Gasteiger partial charge >= 0.3 is 0 Å². The summed E-state index contributed by atoms with van der Waals surface area (Å²) in [6, 6.07) is 7.63. The third kappa shape index (κ3) is 3.23. The second-order valence-corrected chi connectivity index (χ2v) is 4.07. The Morgan fingerprint density at radius 1 is 1.57 bits per heavy atom. The molecule has 72 valence electrons. The molecule has 0 aliphatic heterocycles. The van der Waals surface area contributed by atoms with Gasteiger partial charge in [0.05, 0.1) is 11.6 Å². The number of nitrogens with zero attached hydrogens (tertiary/aromatic N) is 1. The molecule has 1 rings (SSSR count). The van der Waals surface area contributed by atoms with E-state index >= 15 is 0 Å². The molecule has 0 unspecified atom stereocenters. The summed E-state index contributed by atoms with van der Waals surface area (Å²) < 4.78 is 0.903. The lowest BCUT2D eigenvalue weighted by atomic mass is 10.2. The highest BCUT2D eigenvalue weighted by Crippen LogP contribution is 2.19. The second kappa shape index (κ2) is 4.83. The van der Waals surface area contributed by atoms with Crippen LogP contribution >= 0.6 is 15.9 Å². The third-order valence-electron chi connectivity index (χ3n) is 1.62. The molecule has 0 saturated carbocycles. The van der Waals surface area contributed by atoms with Crippen LogP contribution in [0.3, 0.4) is 0 Å². The largest absolute Gasteiger partial charge is 0.381 e. The minimum Gasteiger partial charge on any atom is -0.381 e. The molecule has 0 radical (unpaired) electrons. The maximum atomic E-state index is 8.75. The molecule has 0 atom stereocenters. The van der Waals surface area contributed by atoms with Crippen LogP contribution in [0.2, 0.25) is 0 Å². The summed E-state index contributed by atoms with van der Waals surface area (Å²) in [6.07, 6.45) is 0. The van der Waals surface area contributed by atoms with Gasteiger partial charge in [-0.3, -0.25) is 0 Å². The molecule has 14 heavy (non-hydrogen) atoms. The van der Waals surface area contributed by atoms with E-state index in [0.717, 1.165) is 22.3 Å². The van der Waals surface area contributed by atoms with Gasteiger partial charge in [0.25, 0.3) is 0 Å². The lowest BCUT2D eigenvalue weighted by Crippen LogP contribution is -2.01. The Hall–Kier alpha value is -1.27. The molecule has 0 spiro atoms. The van der Waals surface area contributed by atoms with Gasteiger partial charge in [-0.1, -0.05) is 28.1 Å². The summed E-state index contributed by atoms with van der Waals surface area (Å²) >= 11 is 3.35. The van der Waals surface area contributed by atoms with Crippen LogP contribution in [0.5, 0.6) is 0 Å². The molecule has 0 saturated heterocycles. The molecule has 0 heterocycles. The average Bonchev–Trinajstić information content (AvgIpc) is 2.14. The summed E-state index contributed by atoms with van der Waals surface area (Å²) in [5.74, 6) is 0. The standard InChI is InChI=1S/C11H11BrN2/c1-8(2)7-14-11-4-9(6-13)3-10(12)5-11/h3-5,14H,1,7H2,2H3. The smallest absolute Gasteiger partial charge is 0.0992 e. The number of halogens is 1. The molecule has 0 aliphatic rings. The second-order valence-electron chi connectivity index (χ2n) is 3.15. The Bertz CT molecular complexity index is 391. The van der Waals surface area contributed by atoms with E-state index in [2.05, 4.69) is 33.9 Å². The van der Waals surface area contributed by atoms with Crippen molar-refractivity contribution in [1.29, 1.82) is 5.26 Å². The van der Waals surface area contributed by atoms with E-state index in [1.807, 2.05) is 19.1 Å². The van der Waals surface area contributed by atoms with Crippen LogP contribution in [-0.2, 0) is 0 Å². The highest BCUT2D eigenvalue weighted by Gasteiger charge is 1.98. The number of hydrogen-bond donors (Lipinski definition) is 1. The Labute approximate surface area is 92.4 Å². The fourth-order valence-corrected chi connectivity index (χ4v) is 1.50. The molecule has 2 nitrogen and oxygen atoms in total. The normalized spacial score (nSPS) is 9.21. The van der Waals surface area contributed by atoms with E-state index in [1.165, 1.54) is 0 Å². The minimum atomic E-state index is 0.642. The first-order valence-corrected chi connectivity index (χ1v) is 5.00. The maximum Gasteiger partial charge on any atom is 0.0992 e. The van der Waals surface area contributed by atoms with E-state index in [4.69, 9.17) is 5.26 Å². The van der Waals surface area contributed by atoms with Crippen molar-refractivity contribution >= 4 is 21.6 Å². The Morgan fingerprint density at radius 2 is 2.29 bits per heavy atom. The van der Waals surface area contributed by atoms with Crippen molar-refractivity contribution in [2.24, 2.45) is 0 Å². The summed E-state index contributed by atoms with van der Waals surface area (Å²) in [5, 5.41) is 11.9. The van der Waals surface area contributed by atoms with Crippen molar-refractivity contribution in [2.75, 3.05) is 11.9 Å². The van der Waals surface area contributed by atoms with Crippen LogP contribution < -0.4 is 5.32 Å². The van der Waals surface area contributed by atoms with E-state index in [1.54, 1.807) is 6.07 Å². The molecule has 0 fully saturated rings. The molecule has 1 N–H and O–H groups in total. The van der Waals surface area contributed by atoms with Crippen molar-refractivity contribution in [1.82, 2.24) is 0 Å². The van der Waals surface area contributed by atoms with Crippen LogP contribution in [0, 0.1) is 11.3 Å². The number of benzene rings is 1. The van der Waals surface area contributed by atoms with E-state index in [-0.39, 0.29) is 0 Å². The van der Waals surface area contributed by atoms with Gasteiger partial charge in [-0.2, -0.15) is 5.26 Å². The monoisotopic (exact) mass is 250 g/mol. The summed E-state index contributed by atoms with van der Waals surface area (Å²) in [6.45, 7) is 6.47. The zero-order valence-corrected chi connectivity index (χ0v) is 9.56. The van der Waals surface area contributed by atoms with Gasteiger partial charge in [0.15, 0.2) is 0 Å². The molecule has 0 aromatic heterocycles. The molecular formula is C11H11BrN2. The van der Waals surface area contributed by atoms with Gasteiger partial charge in [-0.05, 0) is 25.1 Å². The first-order valence-electron chi connectivity index (χ1n) is 4.21. The van der Waals surface area contributed by atoms with Gasteiger partial charge in [-0.25, -0.2) is 0 Å². The molecule has 0 aliphatic carbocycles. The molecule has 0 amide bonds. The molecular weight excluding hydrogens is 240 g/mol. The van der Waals surface area contributed by atoms with Crippen molar-refractivity contribution in [2.45, 2.75) is 6.92 Å². The number of hydrogen-bond acceptors (Lipinski definition) is 2.